The van der Waals surface area contributed by atoms with Gasteiger partial charge >= 0.3 is 0 Å². The minimum atomic E-state index is 0. The van der Waals surface area contributed by atoms with E-state index in [0.29, 0.717) is 0 Å². The minimum Gasteiger partial charge on any atom is -0.357 e. The average molecular weight is 505 g/mol. The zero-order valence-corrected chi connectivity index (χ0v) is 19.6. The molecule has 5 nitrogen and oxygen atoms in total. The fourth-order valence-corrected chi connectivity index (χ4v) is 4.28. The Morgan fingerprint density at radius 1 is 1.03 bits per heavy atom. The first-order valence-electron chi connectivity index (χ1n) is 10.5. The molecule has 0 radical (unpaired) electrons. The van der Waals surface area contributed by atoms with Crippen LogP contribution in [0, 0.1) is 0 Å². The van der Waals surface area contributed by atoms with Gasteiger partial charge in [0.1, 0.15) is 5.82 Å². The van der Waals surface area contributed by atoms with E-state index in [9.17, 15) is 0 Å². The number of nitrogens with one attached hydrogen (secondary N) is 2. The lowest BCUT2D eigenvalue weighted by Crippen LogP contribution is -2.48. The zero-order valence-electron chi connectivity index (χ0n) is 17.2. The molecule has 1 saturated carbocycles. The Balaban J connectivity index is 0.00000240. The number of hydrogen-bond donors (Lipinski definition) is 2. The molecule has 0 spiro atoms. The number of anilines is 1. The Bertz CT molecular complexity index is 781. The molecule has 2 aromatic rings. The van der Waals surface area contributed by atoms with Crippen LogP contribution in [0.15, 0.2) is 53.7 Å². The number of nitrogens with zero attached hydrogens (tertiary/aromatic N) is 3. The third-order valence-electron chi connectivity index (χ3n) is 6.21. The molecule has 29 heavy (non-hydrogen) atoms. The molecule has 2 heterocycles. The van der Waals surface area contributed by atoms with Gasteiger partial charge in [0.05, 0.1) is 0 Å². The highest BCUT2D eigenvalue weighted by atomic mass is 127. The second-order valence-electron chi connectivity index (χ2n) is 8.00. The molecular weight excluding hydrogens is 473 g/mol. The third-order valence-corrected chi connectivity index (χ3v) is 6.21. The van der Waals surface area contributed by atoms with Gasteiger partial charge in [-0.25, -0.2) is 4.98 Å². The second kappa shape index (κ2) is 10.3. The van der Waals surface area contributed by atoms with Crippen LogP contribution in [-0.4, -0.2) is 37.6 Å². The van der Waals surface area contributed by atoms with Crippen LogP contribution in [-0.2, 0) is 12.0 Å². The Labute approximate surface area is 191 Å². The van der Waals surface area contributed by atoms with Crippen LogP contribution in [0.2, 0.25) is 0 Å². The molecule has 2 fully saturated rings. The molecular formula is C23H32IN5. The molecule has 1 saturated heterocycles. The van der Waals surface area contributed by atoms with Crippen molar-refractivity contribution >= 4 is 35.8 Å². The summed E-state index contributed by atoms with van der Waals surface area (Å²) in [5.41, 5.74) is 2.86. The van der Waals surface area contributed by atoms with Gasteiger partial charge in [-0.15, -0.1) is 24.0 Å². The summed E-state index contributed by atoms with van der Waals surface area (Å²) in [6.07, 6.45) is 8.31. The Hall–Kier alpha value is -1.83. The highest BCUT2D eigenvalue weighted by molar-refractivity contribution is 14.0. The van der Waals surface area contributed by atoms with Crippen LogP contribution in [0.4, 0.5) is 5.82 Å². The lowest BCUT2D eigenvalue weighted by atomic mass is 9.64. The summed E-state index contributed by atoms with van der Waals surface area (Å²) in [6.45, 7) is 3.91. The Morgan fingerprint density at radius 3 is 2.38 bits per heavy atom. The quantitative estimate of drug-likeness (QED) is 0.353. The van der Waals surface area contributed by atoms with Gasteiger partial charge in [-0.1, -0.05) is 42.8 Å². The van der Waals surface area contributed by atoms with Crippen molar-refractivity contribution in [2.45, 2.75) is 44.1 Å². The van der Waals surface area contributed by atoms with Crippen molar-refractivity contribution in [2.24, 2.45) is 4.99 Å². The minimum absolute atomic E-state index is 0. The maximum Gasteiger partial charge on any atom is 0.191 e. The molecule has 2 N–H and O–H groups in total. The highest BCUT2D eigenvalue weighted by Gasteiger charge is 2.38. The topological polar surface area (TPSA) is 52.6 Å². The lowest BCUT2D eigenvalue weighted by molar-refractivity contribution is 0.244. The molecule has 0 atom stereocenters. The number of guanidine groups is 1. The zero-order chi connectivity index (χ0) is 19.2. The Kier molecular flexibility index (Phi) is 7.75. The van der Waals surface area contributed by atoms with E-state index in [4.69, 9.17) is 0 Å². The van der Waals surface area contributed by atoms with E-state index in [1.807, 2.05) is 13.2 Å². The summed E-state index contributed by atoms with van der Waals surface area (Å²) in [7, 11) is 1.83. The maximum atomic E-state index is 4.64. The predicted octanol–water partition coefficient (Wildman–Crippen LogP) is 4.09. The van der Waals surface area contributed by atoms with Gasteiger partial charge in [-0.3, -0.25) is 4.99 Å². The van der Waals surface area contributed by atoms with Gasteiger partial charge in [0.25, 0.3) is 0 Å². The van der Waals surface area contributed by atoms with Crippen molar-refractivity contribution in [1.29, 1.82) is 0 Å². The van der Waals surface area contributed by atoms with Gasteiger partial charge in [0.2, 0.25) is 0 Å². The number of rotatable bonds is 6. The summed E-state index contributed by atoms with van der Waals surface area (Å²) in [5, 5.41) is 6.98. The van der Waals surface area contributed by atoms with Crippen molar-refractivity contribution in [3.05, 3.63) is 59.8 Å². The number of halogens is 1. The van der Waals surface area contributed by atoms with Crippen LogP contribution in [0.3, 0.4) is 0 Å². The van der Waals surface area contributed by atoms with Gasteiger partial charge < -0.3 is 15.5 Å². The maximum absolute atomic E-state index is 4.64. The van der Waals surface area contributed by atoms with Crippen LogP contribution in [0.25, 0.3) is 0 Å². The standard InChI is InChI=1S/C23H31N5.HI/c1-24-22(27-18-23(12-7-13-23)20-8-3-2-4-9-20)26-17-19-10-11-21(25-16-19)28-14-5-6-15-28;/h2-4,8-11,16H,5-7,12-15,17-18H2,1H3,(H2,24,26,27);1H. The van der Waals surface area contributed by atoms with E-state index < -0.39 is 0 Å². The smallest absolute Gasteiger partial charge is 0.191 e. The first kappa shape index (κ1) is 21.9. The van der Waals surface area contributed by atoms with Crippen LogP contribution < -0.4 is 15.5 Å². The molecule has 6 heteroatoms. The lowest BCUT2D eigenvalue weighted by Gasteiger charge is -2.43. The number of benzene rings is 1. The van der Waals surface area contributed by atoms with Gasteiger partial charge in [-0.05, 0) is 42.9 Å². The molecule has 156 valence electrons. The number of aliphatic imine (C=N–C) groups is 1. The molecule has 4 rings (SSSR count). The van der Waals surface area contributed by atoms with Gasteiger partial charge in [0.15, 0.2) is 5.96 Å². The third kappa shape index (κ3) is 5.21. The van der Waals surface area contributed by atoms with E-state index in [1.165, 1.54) is 43.2 Å². The summed E-state index contributed by atoms with van der Waals surface area (Å²) in [5.74, 6) is 1.95. The van der Waals surface area contributed by atoms with Crippen molar-refractivity contribution in [3.63, 3.8) is 0 Å². The molecule has 1 aliphatic heterocycles. The van der Waals surface area contributed by atoms with E-state index in [2.05, 4.69) is 68.0 Å². The normalized spacial score (nSPS) is 18.0. The largest absolute Gasteiger partial charge is 0.357 e. The summed E-state index contributed by atoms with van der Waals surface area (Å²) in [6, 6.07) is 15.2. The van der Waals surface area contributed by atoms with E-state index >= 15 is 0 Å². The first-order chi connectivity index (χ1) is 13.8. The van der Waals surface area contributed by atoms with E-state index in [-0.39, 0.29) is 29.4 Å². The van der Waals surface area contributed by atoms with E-state index in [1.54, 1.807) is 0 Å². The van der Waals surface area contributed by atoms with Crippen LogP contribution in [0.1, 0.15) is 43.2 Å². The molecule has 1 aromatic heterocycles. The molecule has 1 aliphatic carbocycles. The monoisotopic (exact) mass is 505 g/mol. The van der Waals surface area contributed by atoms with Gasteiger partial charge in [-0.2, -0.15) is 0 Å². The SMILES string of the molecule is CN=C(NCc1ccc(N2CCCC2)nc1)NCC1(c2ccccc2)CCC1.I. The Morgan fingerprint density at radius 2 is 1.79 bits per heavy atom. The molecule has 0 amide bonds. The van der Waals surface area contributed by atoms with Gasteiger partial charge in [0, 0.05) is 44.8 Å². The first-order valence-corrected chi connectivity index (χ1v) is 10.5. The number of pyridine rings is 1. The summed E-state index contributed by atoms with van der Waals surface area (Å²) >= 11 is 0. The van der Waals surface area contributed by atoms with Crippen LogP contribution >= 0.6 is 24.0 Å². The fourth-order valence-electron chi connectivity index (χ4n) is 4.28. The van der Waals surface area contributed by atoms with Crippen molar-refractivity contribution < 1.29 is 0 Å². The molecule has 1 aromatic carbocycles. The van der Waals surface area contributed by atoms with Crippen LogP contribution in [0.5, 0.6) is 0 Å². The molecule has 0 bridgehead atoms. The van der Waals surface area contributed by atoms with Crippen molar-refractivity contribution in [1.82, 2.24) is 15.6 Å². The van der Waals surface area contributed by atoms with Crippen molar-refractivity contribution in [2.75, 3.05) is 31.6 Å². The average Bonchev–Trinajstić information content (AvgIpc) is 3.25. The van der Waals surface area contributed by atoms with E-state index in [0.717, 1.165) is 38.0 Å². The summed E-state index contributed by atoms with van der Waals surface area (Å²) < 4.78 is 0. The van der Waals surface area contributed by atoms with Crippen molar-refractivity contribution in [3.8, 4) is 0 Å². The highest BCUT2D eigenvalue weighted by Crippen LogP contribution is 2.43. The fraction of sp³-hybridized carbons (Fsp3) is 0.478. The summed E-state index contributed by atoms with van der Waals surface area (Å²) in [4.78, 5) is 11.4. The molecule has 2 aliphatic rings. The number of hydrogen-bond acceptors (Lipinski definition) is 3. The number of aromatic nitrogens is 1. The predicted molar refractivity (Wildman–Crippen MR) is 131 cm³/mol. The molecule has 0 unspecified atom stereocenters. The second-order valence-corrected chi connectivity index (χ2v) is 8.00.